The van der Waals surface area contributed by atoms with Gasteiger partial charge in [-0.15, -0.1) is 12.4 Å². The van der Waals surface area contributed by atoms with Gasteiger partial charge in [0.1, 0.15) is 0 Å². The van der Waals surface area contributed by atoms with Gasteiger partial charge >= 0.3 is 0 Å². The minimum absolute atomic E-state index is 0. The summed E-state index contributed by atoms with van der Waals surface area (Å²) in [6, 6.07) is 8.60. The van der Waals surface area contributed by atoms with Gasteiger partial charge in [0.25, 0.3) is 0 Å². The van der Waals surface area contributed by atoms with Crippen molar-refractivity contribution < 1.29 is 12.9 Å². The molecule has 0 radical (unpaired) electrons. The van der Waals surface area contributed by atoms with Crippen molar-refractivity contribution in [3.63, 3.8) is 0 Å². The van der Waals surface area contributed by atoms with Gasteiger partial charge in [0.15, 0.2) is 5.76 Å². The van der Waals surface area contributed by atoms with Crippen LogP contribution >= 0.6 is 12.4 Å². The van der Waals surface area contributed by atoms with Gasteiger partial charge in [-0.3, -0.25) is 0 Å². The van der Waals surface area contributed by atoms with E-state index in [1.54, 1.807) is 34.6 Å². The second kappa shape index (κ2) is 8.11. The molecule has 0 spiro atoms. The molecular formula is C16H22ClN3O3S. The average molecular weight is 372 g/mol. The van der Waals surface area contributed by atoms with Crippen molar-refractivity contribution in [1.29, 1.82) is 0 Å². The monoisotopic (exact) mass is 371 g/mol. The molecule has 0 amide bonds. The van der Waals surface area contributed by atoms with Crippen LogP contribution in [0, 0.1) is 5.92 Å². The number of halogens is 1. The lowest BCUT2D eigenvalue weighted by Crippen LogP contribution is -2.42. The summed E-state index contributed by atoms with van der Waals surface area (Å²) in [5, 5.41) is 6.82. The minimum Gasteiger partial charge on any atom is -0.356 e. The second-order valence-corrected chi connectivity index (χ2v) is 7.71. The van der Waals surface area contributed by atoms with E-state index >= 15 is 0 Å². The third-order valence-corrected chi connectivity index (χ3v) is 6.11. The fraction of sp³-hybridized carbons (Fsp3) is 0.438. The molecule has 2 aromatic rings. The Bertz CT molecular complexity index is 748. The predicted molar refractivity (Wildman–Crippen MR) is 94.6 cm³/mol. The van der Waals surface area contributed by atoms with E-state index in [0.717, 1.165) is 19.4 Å². The summed E-state index contributed by atoms with van der Waals surface area (Å²) in [6.07, 6.45) is 3.45. The first-order valence-corrected chi connectivity index (χ1v) is 9.22. The lowest BCUT2D eigenvalue weighted by atomic mass is 10.00. The van der Waals surface area contributed by atoms with Gasteiger partial charge in [-0.25, -0.2) is 8.42 Å². The molecule has 0 bridgehead atoms. The topological polar surface area (TPSA) is 75.4 Å². The molecule has 1 unspecified atom stereocenters. The number of sulfonamides is 1. The van der Waals surface area contributed by atoms with Crippen LogP contribution in [0.4, 0.5) is 0 Å². The number of hydrogen-bond acceptors (Lipinski definition) is 5. The Morgan fingerprint density at radius 1 is 1.33 bits per heavy atom. The predicted octanol–water partition coefficient (Wildman–Crippen LogP) is 2.38. The summed E-state index contributed by atoms with van der Waals surface area (Å²) in [5.74, 6) is 0.814. The van der Waals surface area contributed by atoms with E-state index in [-0.39, 0.29) is 17.3 Å². The van der Waals surface area contributed by atoms with Crippen LogP contribution in [-0.2, 0) is 10.0 Å². The molecule has 1 N–H and O–H groups in total. The van der Waals surface area contributed by atoms with Crippen LogP contribution in [-0.4, -0.2) is 44.6 Å². The fourth-order valence-electron chi connectivity index (χ4n) is 3.09. The number of aromatic nitrogens is 1. The van der Waals surface area contributed by atoms with Crippen molar-refractivity contribution in [2.24, 2.45) is 5.92 Å². The summed E-state index contributed by atoms with van der Waals surface area (Å²) in [6.45, 7) is 1.94. The van der Waals surface area contributed by atoms with Crippen LogP contribution in [0.3, 0.4) is 0 Å². The normalized spacial score (nSPS) is 19.0. The van der Waals surface area contributed by atoms with Gasteiger partial charge in [-0.1, -0.05) is 17.3 Å². The second-order valence-electron chi connectivity index (χ2n) is 5.80. The first-order valence-electron chi connectivity index (χ1n) is 7.78. The molecule has 2 heterocycles. The first kappa shape index (κ1) is 18.9. The van der Waals surface area contributed by atoms with E-state index in [1.807, 2.05) is 7.05 Å². The van der Waals surface area contributed by atoms with E-state index in [0.29, 0.717) is 30.3 Å². The maximum absolute atomic E-state index is 13.1. The number of piperidine rings is 1. The highest BCUT2D eigenvalue weighted by Crippen LogP contribution is 2.31. The molecule has 8 heteroatoms. The Kier molecular flexibility index (Phi) is 6.40. The van der Waals surface area contributed by atoms with Crippen LogP contribution in [0.15, 0.2) is 45.9 Å². The number of rotatable bonds is 5. The van der Waals surface area contributed by atoms with Gasteiger partial charge in [-0.05, 0) is 44.5 Å². The third kappa shape index (κ3) is 3.80. The largest absolute Gasteiger partial charge is 0.356 e. The molecule has 3 rings (SSSR count). The lowest BCUT2D eigenvalue weighted by Gasteiger charge is -2.32. The van der Waals surface area contributed by atoms with E-state index in [9.17, 15) is 8.42 Å². The van der Waals surface area contributed by atoms with E-state index < -0.39 is 10.0 Å². The van der Waals surface area contributed by atoms with Crippen LogP contribution in [0.25, 0.3) is 11.3 Å². The molecule has 1 aliphatic rings. The number of nitrogens with zero attached hydrogens (tertiary/aromatic N) is 2. The van der Waals surface area contributed by atoms with Crippen molar-refractivity contribution in [2.75, 3.05) is 26.7 Å². The first-order chi connectivity index (χ1) is 11.1. The maximum atomic E-state index is 13.1. The van der Waals surface area contributed by atoms with Crippen molar-refractivity contribution in [2.45, 2.75) is 17.7 Å². The SMILES string of the molecule is CNCC1CCCN(S(=O)(=O)c2ccccc2-c2ccno2)C1.Cl. The maximum Gasteiger partial charge on any atom is 0.243 e. The van der Waals surface area contributed by atoms with Crippen LogP contribution < -0.4 is 5.32 Å². The molecule has 0 aliphatic carbocycles. The molecule has 0 saturated carbocycles. The van der Waals surface area contributed by atoms with Crippen LogP contribution in [0.1, 0.15) is 12.8 Å². The average Bonchev–Trinajstić information content (AvgIpc) is 3.10. The van der Waals surface area contributed by atoms with E-state index in [4.69, 9.17) is 4.52 Å². The zero-order valence-corrected chi connectivity index (χ0v) is 15.1. The lowest BCUT2D eigenvalue weighted by molar-refractivity contribution is 0.263. The Morgan fingerprint density at radius 3 is 2.83 bits per heavy atom. The van der Waals surface area contributed by atoms with Crippen molar-refractivity contribution in [3.05, 3.63) is 36.5 Å². The van der Waals surface area contributed by atoms with Gasteiger partial charge in [0.05, 0.1) is 11.1 Å². The molecular weight excluding hydrogens is 350 g/mol. The van der Waals surface area contributed by atoms with E-state index in [2.05, 4.69) is 10.5 Å². The standard InChI is InChI=1S/C16H21N3O3S.ClH/c1-17-11-13-5-4-10-19(12-13)23(20,21)16-7-3-2-6-14(16)15-8-9-18-22-15;/h2-3,6-9,13,17H,4-5,10-12H2,1H3;1H. The van der Waals surface area contributed by atoms with Crippen molar-refractivity contribution in [1.82, 2.24) is 14.8 Å². The summed E-state index contributed by atoms with van der Waals surface area (Å²) in [7, 11) is -1.66. The molecule has 1 atom stereocenters. The summed E-state index contributed by atoms with van der Waals surface area (Å²) >= 11 is 0. The summed E-state index contributed by atoms with van der Waals surface area (Å²) in [5.41, 5.74) is 0.556. The molecule has 24 heavy (non-hydrogen) atoms. The van der Waals surface area contributed by atoms with Gasteiger partial charge in [-0.2, -0.15) is 4.31 Å². The molecule has 1 saturated heterocycles. The zero-order chi connectivity index (χ0) is 16.3. The molecule has 132 valence electrons. The third-order valence-electron chi connectivity index (χ3n) is 4.18. The van der Waals surface area contributed by atoms with Crippen molar-refractivity contribution >= 4 is 22.4 Å². The van der Waals surface area contributed by atoms with Crippen LogP contribution in [0.5, 0.6) is 0 Å². The Hall–Kier alpha value is -1.41. The molecule has 1 aliphatic heterocycles. The Morgan fingerprint density at radius 2 is 2.12 bits per heavy atom. The van der Waals surface area contributed by atoms with Crippen LogP contribution in [0.2, 0.25) is 0 Å². The highest BCUT2D eigenvalue weighted by molar-refractivity contribution is 7.89. The Balaban J connectivity index is 0.00000208. The molecule has 6 nitrogen and oxygen atoms in total. The van der Waals surface area contributed by atoms with Gasteiger partial charge in [0.2, 0.25) is 10.0 Å². The highest BCUT2D eigenvalue weighted by atomic mass is 35.5. The van der Waals surface area contributed by atoms with Crippen molar-refractivity contribution in [3.8, 4) is 11.3 Å². The highest BCUT2D eigenvalue weighted by Gasteiger charge is 2.32. The minimum atomic E-state index is -3.55. The number of benzene rings is 1. The molecule has 1 aromatic heterocycles. The molecule has 1 aromatic carbocycles. The van der Waals surface area contributed by atoms with Gasteiger partial charge in [0, 0.05) is 24.7 Å². The zero-order valence-electron chi connectivity index (χ0n) is 13.5. The number of nitrogens with one attached hydrogen (secondary N) is 1. The number of hydrogen-bond donors (Lipinski definition) is 1. The van der Waals surface area contributed by atoms with E-state index in [1.165, 1.54) is 6.20 Å². The quantitative estimate of drug-likeness (QED) is 0.873. The summed E-state index contributed by atoms with van der Waals surface area (Å²) < 4.78 is 32.9. The smallest absolute Gasteiger partial charge is 0.243 e. The molecule has 1 fully saturated rings. The fourth-order valence-corrected chi connectivity index (χ4v) is 4.84. The van der Waals surface area contributed by atoms with Gasteiger partial charge < -0.3 is 9.84 Å². The Labute approximate surface area is 148 Å². The summed E-state index contributed by atoms with van der Waals surface area (Å²) in [4.78, 5) is 0.279.